The Morgan fingerprint density at radius 1 is 0.966 bits per heavy atom. The van der Waals surface area contributed by atoms with Gasteiger partial charge in [-0.15, -0.1) is 0 Å². The van der Waals surface area contributed by atoms with Gasteiger partial charge in [-0.2, -0.15) is 5.26 Å². The van der Waals surface area contributed by atoms with Crippen LogP contribution in [0.1, 0.15) is 11.3 Å². The molecule has 4 rings (SSSR count). The highest BCUT2D eigenvalue weighted by Gasteiger charge is 2.22. The van der Waals surface area contributed by atoms with Crippen molar-refractivity contribution in [2.75, 3.05) is 36.0 Å². The summed E-state index contributed by atoms with van der Waals surface area (Å²) in [7, 11) is 0. The second-order valence-electron chi connectivity index (χ2n) is 6.87. The van der Waals surface area contributed by atoms with Crippen molar-refractivity contribution < 1.29 is 4.39 Å². The smallest absolute Gasteiger partial charge is 0.226 e. The largest absolute Gasteiger partial charge is 0.366 e. The van der Waals surface area contributed by atoms with Crippen molar-refractivity contribution in [3.8, 4) is 17.3 Å². The molecule has 0 amide bonds. The zero-order chi connectivity index (χ0) is 20.2. The molecule has 0 saturated carbocycles. The van der Waals surface area contributed by atoms with Gasteiger partial charge in [-0.25, -0.2) is 14.4 Å². The molecule has 146 valence electrons. The van der Waals surface area contributed by atoms with Gasteiger partial charge in [-0.05, 0) is 30.3 Å². The van der Waals surface area contributed by atoms with E-state index in [1.807, 2.05) is 35.2 Å². The highest BCUT2D eigenvalue weighted by molar-refractivity contribution is 5.63. The van der Waals surface area contributed by atoms with Crippen LogP contribution in [0.2, 0.25) is 0 Å². The lowest BCUT2D eigenvalue weighted by molar-refractivity contribution is 0.593. The summed E-state index contributed by atoms with van der Waals surface area (Å²) >= 11 is 0. The van der Waals surface area contributed by atoms with Crippen LogP contribution in [-0.2, 0) is 6.54 Å². The first-order chi connectivity index (χ1) is 14.2. The van der Waals surface area contributed by atoms with Crippen LogP contribution in [0, 0.1) is 17.1 Å². The molecular formula is C22H21FN6. The maximum atomic E-state index is 14.1. The maximum absolute atomic E-state index is 14.1. The summed E-state index contributed by atoms with van der Waals surface area (Å²) in [6.45, 7) is 3.02. The number of halogens is 1. The lowest BCUT2D eigenvalue weighted by Gasteiger charge is -2.36. The van der Waals surface area contributed by atoms with Crippen LogP contribution < -0.4 is 15.5 Å². The van der Waals surface area contributed by atoms with Gasteiger partial charge in [-0.1, -0.05) is 24.3 Å². The normalized spacial score (nSPS) is 14.0. The van der Waals surface area contributed by atoms with E-state index in [0.29, 0.717) is 49.9 Å². The quantitative estimate of drug-likeness (QED) is 0.740. The second kappa shape index (κ2) is 8.25. The highest BCUT2D eigenvalue weighted by Crippen LogP contribution is 2.24. The topological polar surface area (TPSA) is 82.1 Å². The van der Waals surface area contributed by atoms with Crippen LogP contribution in [0.5, 0.6) is 0 Å². The van der Waals surface area contributed by atoms with Crippen LogP contribution in [0.4, 0.5) is 16.0 Å². The Balaban J connectivity index is 1.58. The average molecular weight is 388 g/mol. The Hall–Kier alpha value is -3.50. The minimum Gasteiger partial charge on any atom is -0.366 e. The van der Waals surface area contributed by atoms with Gasteiger partial charge in [0, 0.05) is 38.3 Å². The number of rotatable bonds is 4. The molecule has 0 spiro atoms. The lowest BCUT2D eigenvalue weighted by atomic mass is 10.1. The molecule has 1 saturated heterocycles. The van der Waals surface area contributed by atoms with Crippen molar-refractivity contribution in [1.29, 1.82) is 5.26 Å². The maximum Gasteiger partial charge on any atom is 0.226 e. The Labute approximate surface area is 169 Å². The number of nitriles is 1. The number of hydrogen-bond donors (Lipinski definition) is 1. The Kier molecular flexibility index (Phi) is 5.36. The number of piperazine rings is 1. The number of nitrogens with two attached hydrogens (primary N) is 1. The van der Waals surface area contributed by atoms with Crippen LogP contribution >= 0.6 is 0 Å². The van der Waals surface area contributed by atoms with Crippen LogP contribution in [0.25, 0.3) is 11.3 Å². The van der Waals surface area contributed by atoms with Crippen molar-refractivity contribution in [3.05, 3.63) is 71.7 Å². The molecule has 0 aliphatic carbocycles. The molecule has 1 fully saturated rings. The van der Waals surface area contributed by atoms with E-state index in [1.54, 1.807) is 18.2 Å². The third-order valence-corrected chi connectivity index (χ3v) is 5.02. The summed E-state index contributed by atoms with van der Waals surface area (Å²) in [5.74, 6) is 0.403. The Bertz CT molecular complexity index is 1050. The van der Waals surface area contributed by atoms with E-state index in [4.69, 9.17) is 16.0 Å². The van der Waals surface area contributed by atoms with Gasteiger partial charge in [0.25, 0.3) is 0 Å². The zero-order valence-electron chi connectivity index (χ0n) is 15.9. The van der Waals surface area contributed by atoms with E-state index >= 15 is 0 Å². The first-order valence-electron chi connectivity index (χ1n) is 9.51. The van der Waals surface area contributed by atoms with Crippen molar-refractivity contribution in [3.63, 3.8) is 0 Å². The van der Waals surface area contributed by atoms with Crippen molar-refractivity contribution in [2.24, 2.45) is 5.73 Å². The zero-order valence-corrected chi connectivity index (χ0v) is 15.9. The van der Waals surface area contributed by atoms with Gasteiger partial charge in [0.05, 0.1) is 28.7 Å². The summed E-state index contributed by atoms with van der Waals surface area (Å²) in [4.78, 5) is 13.4. The molecule has 0 atom stereocenters. The molecule has 6 nitrogen and oxygen atoms in total. The molecule has 3 aromatic rings. The van der Waals surface area contributed by atoms with Gasteiger partial charge >= 0.3 is 0 Å². The molecular weight excluding hydrogens is 367 g/mol. The predicted octanol–water partition coefficient (Wildman–Crippen LogP) is 2.94. The average Bonchev–Trinajstić information content (AvgIpc) is 2.79. The van der Waals surface area contributed by atoms with Gasteiger partial charge < -0.3 is 15.5 Å². The summed E-state index contributed by atoms with van der Waals surface area (Å²) in [6, 6.07) is 18.2. The highest BCUT2D eigenvalue weighted by atomic mass is 19.1. The van der Waals surface area contributed by atoms with Crippen LogP contribution in [-0.4, -0.2) is 36.1 Å². The first-order valence-corrected chi connectivity index (χ1v) is 9.51. The van der Waals surface area contributed by atoms with Crippen molar-refractivity contribution in [2.45, 2.75) is 6.54 Å². The van der Waals surface area contributed by atoms with E-state index in [1.165, 1.54) is 6.07 Å². The van der Waals surface area contributed by atoms with Crippen LogP contribution in [0.15, 0.2) is 54.6 Å². The summed E-state index contributed by atoms with van der Waals surface area (Å²) in [5.41, 5.74) is 9.39. The minimum absolute atomic E-state index is 0.206. The number of para-hydroxylation sites is 1. The van der Waals surface area contributed by atoms with E-state index in [2.05, 4.69) is 16.0 Å². The summed E-state index contributed by atoms with van der Waals surface area (Å²) < 4.78 is 14.1. The third-order valence-electron chi connectivity index (χ3n) is 5.02. The van der Waals surface area contributed by atoms with E-state index in [-0.39, 0.29) is 5.82 Å². The molecule has 2 aromatic carbocycles. The van der Waals surface area contributed by atoms with Crippen molar-refractivity contribution in [1.82, 2.24) is 9.97 Å². The molecule has 1 aliphatic heterocycles. The van der Waals surface area contributed by atoms with E-state index in [0.717, 1.165) is 17.0 Å². The van der Waals surface area contributed by atoms with Gasteiger partial charge in [0.2, 0.25) is 5.95 Å². The van der Waals surface area contributed by atoms with Crippen molar-refractivity contribution >= 4 is 11.6 Å². The molecule has 7 heteroatoms. The number of nitrogens with zero attached hydrogens (tertiary/aromatic N) is 5. The Morgan fingerprint density at radius 3 is 2.45 bits per heavy atom. The van der Waals surface area contributed by atoms with E-state index in [9.17, 15) is 4.39 Å². The monoisotopic (exact) mass is 388 g/mol. The molecule has 1 aromatic heterocycles. The lowest BCUT2D eigenvalue weighted by Crippen LogP contribution is -2.47. The van der Waals surface area contributed by atoms with Gasteiger partial charge in [0.15, 0.2) is 0 Å². The van der Waals surface area contributed by atoms with Crippen LogP contribution in [0.3, 0.4) is 0 Å². The molecule has 2 N–H and O–H groups in total. The molecule has 2 heterocycles. The fraction of sp³-hybridized carbons (Fsp3) is 0.227. The third kappa shape index (κ3) is 4.03. The SMILES string of the molecule is N#Cc1cccc(-c2cc(CN)nc(N3CCN(c4ccccc4F)CC3)n2)c1. The number of aromatic nitrogens is 2. The number of hydrogen-bond acceptors (Lipinski definition) is 6. The Morgan fingerprint density at radius 2 is 1.72 bits per heavy atom. The fourth-order valence-electron chi connectivity index (χ4n) is 3.48. The number of anilines is 2. The molecule has 1 aliphatic rings. The van der Waals surface area contributed by atoms with E-state index < -0.39 is 0 Å². The summed E-state index contributed by atoms with van der Waals surface area (Å²) in [5, 5.41) is 9.16. The second-order valence-corrected chi connectivity index (χ2v) is 6.87. The van der Waals surface area contributed by atoms with Gasteiger partial charge in [-0.3, -0.25) is 0 Å². The fourth-order valence-corrected chi connectivity index (χ4v) is 3.48. The molecule has 0 unspecified atom stereocenters. The standard InChI is InChI=1S/C22H21FN6/c23-19-6-1-2-7-21(19)28-8-10-29(11-9-28)22-26-18(15-25)13-20(27-22)17-5-3-4-16(12-17)14-24/h1-7,12-13H,8-11,15,25H2. The summed E-state index contributed by atoms with van der Waals surface area (Å²) in [6.07, 6.45) is 0. The minimum atomic E-state index is -0.206. The molecule has 0 radical (unpaired) electrons. The molecule has 29 heavy (non-hydrogen) atoms. The molecule has 0 bridgehead atoms. The van der Waals surface area contributed by atoms with Gasteiger partial charge in [0.1, 0.15) is 5.82 Å². The predicted molar refractivity (Wildman–Crippen MR) is 111 cm³/mol. The number of benzene rings is 2. The first kappa shape index (κ1) is 18.8.